The first-order valence-corrected chi connectivity index (χ1v) is 8.37. The van der Waals surface area contributed by atoms with E-state index in [2.05, 4.69) is 5.32 Å². The Morgan fingerprint density at radius 3 is 2.50 bits per heavy atom. The van der Waals surface area contributed by atoms with E-state index in [1.807, 2.05) is 12.1 Å². The Kier molecular flexibility index (Phi) is 5.53. The maximum atomic E-state index is 12.3. The molecule has 3 rings (SSSR count). The van der Waals surface area contributed by atoms with Crippen molar-refractivity contribution in [1.82, 2.24) is 5.32 Å². The van der Waals surface area contributed by atoms with E-state index in [1.54, 1.807) is 37.4 Å². The molecule has 1 atom stereocenters. The minimum Gasteiger partial charge on any atom is -0.497 e. The Labute approximate surface area is 152 Å². The number of nitrogens with one attached hydrogen (secondary N) is 1. The quantitative estimate of drug-likeness (QED) is 0.835. The average Bonchev–Trinajstić information content (AvgIpc) is 3.20. The monoisotopic (exact) mass is 355 g/mol. The van der Waals surface area contributed by atoms with Gasteiger partial charge in [-0.15, -0.1) is 0 Å². The molecule has 1 N–H and O–H groups in total. The highest BCUT2D eigenvalue weighted by Gasteiger charge is 2.19. The summed E-state index contributed by atoms with van der Waals surface area (Å²) in [7, 11) is 2.88. The van der Waals surface area contributed by atoms with Gasteiger partial charge in [0, 0.05) is 12.2 Å². The van der Waals surface area contributed by atoms with Gasteiger partial charge in [-0.3, -0.25) is 4.79 Å². The lowest BCUT2D eigenvalue weighted by molar-refractivity contribution is 0.0601. The average molecular weight is 355 g/mol. The van der Waals surface area contributed by atoms with Crippen molar-refractivity contribution in [2.24, 2.45) is 0 Å². The highest BCUT2D eigenvalue weighted by atomic mass is 16.5. The first kappa shape index (κ1) is 17.9. The van der Waals surface area contributed by atoms with Crippen LogP contribution in [0.15, 0.2) is 42.5 Å². The Morgan fingerprint density at radius 1 is 1.12 bits per heavy atom. The molecular weight excluding hydrogens is 334 g/mol. The normalized spacial score (nSPS) is 16.2. The maximum absolute atomic E-state index is 12.3. The van der Waals surface area contributed by atoms with Crippen molar-refractivity contribution in [3.8, 4) is 16.9 Å². The van der Waals surface area contributed by atoms with Gasteiger partial charge in [0.25, 0.3) is 5.91 Å². The van der Waals surface area contributed by atoms with E-state index in [0.29, 0.717) is 35.7 Å². The summed E-state index contributed by atoms with van der Waals surface area (Å²) in [5.74, 6) is 0.000792. The van der Waals surface area contributed by atoms with E-state index >= 15 is 0 Å². The molecule has 1 fully saturated rings. The molecule has 0 aromatic heterocycles. The van der Waals surface area contributed by atoms with Gasteiger partial charge in [0.2, 0.25) is 0 Å². The van der Waals surface area contributed by atoms with Gasteiger partial charge in [-0.05, 0) is 47.9 Å². The first-order chi connectivity index (χ1) is 12.6. The lowest BCUT2D eigenvalue weighted by atomic mass is 9.98. The van der Waals surface area contributed by atoms with E-state index in [-0.39, 0.29) is 11.9 Å². The zero-order chi connectivity index (χ0) is 18.5. The van der Waals surface area contributed by atoms with Crippen LogP contribution >= 0.6 is 0 Å². The van der Waals surface area contributed by atoms with E-state index < -0.39 is 5.97 Å². The number of benzene rings is 2. The Balaban J connectivity index is 1.84. The molecule has 1 aliphatic heterocycles. The van der Waals surface area contributed by atoms with Crippen LogP contribution in [0.5, 0.6) is 5.75 Å². The van der Waals surface area contributed by atoms with Gasteiger partial charge in [0.1, 0.15) is 5.75 Å². The van der Waals surface area contributed by atoms with E-state index in [1.165, 1.54) is 7.11 Å². The summed E-state index contributed by atoms with van der Waals surface area (Å²) in [6, 6.07) is 12.4. The number of esters is 1. The van der Waals surface area contributed by atoms with Crippen LogP contribution in [0.25, 0.3) is 11.1 Å². The van der Waals surface area contributed by atoms with Crippen molar-refractivity contribution in [1.29, 1.82) is 0 Å². The number of hydrogen-bond acceptors (Lipinski definition) is 5. The van der Waals surface area contributed by atoms with E-state index in [4.69, 9.17) is 14.2 Å². The highest BCUT2D eigenvalue weighted by molar-refractivity contribution is 5.99. The van der Waals surface area contributed by atoms with Crippen LogP contribution in [0, 0.1) is 0 Å². The third-order valence-corrected chi connectivity index (χ3v) is 4.36. The summed E-state index contributed by atoms with van der Waals surface area (Å²) in [6.45, 7) is 1.23. The van der Waals surface area contributed by atoms with Gasteiger partial charge in [-0.1, -0.05) is 12.1 Å². The lowest BCUT2D eigenvalue weighted by Gasteiger charge is -2.12. The molecule has 1 heterocycles. The Hall–Kier alpha value is -2.86. The molecule has 0 aliphatic carbocycles. The van der Waals surface area contributed by atoms with Gasteiger partial charge in [-0.2, -0.15) is 0 Å². The van der Waals surface area contributed by atoms with Crippen molar-refractivity contribution >= 4 is 11.9 Å². The highest BCUT2D eigenvalue weighted by Crippen LogP contribution is 2.28. The molecule has 2 aromatic carbocycles. The third-order valence-electron chi connectivity index (χ3n) is 4.36. The molecule has 0 radical (unpaired) electrons. The van der Waals surface area contributed by atoms with Gasteiger partial charge in [0.05, 0.1) is 32.4 Å². The van der Waals surface area contributed by atoms with Gasteiger partial charge >= 0.3 is 5.97 Å². The summed E-state index contributed by atoms with van der Waals surface area (Å²) in [4.78, 5) is 24.4. The minimum atomic E-state index is -0.443. The van der Waals surface area contributed by atoms with Crippen molar-refractivity contribution in [3.63, 3.8) is 0 Å². The van der Waals surface area contributed by atoms with Crippen molar-refractivity contribution in [2.45, 2.75) is 12.5 Å². The number of carbonyl (C=O) groups excluding carboxylic acids is 2. The summed E-state index contributed by atoms with van der Waals surface area (Å²) >= 11 is 0. The number of rotatable bonds is 5. The van der Waals surface area contributed by atoms with Gasteiger partial charge in [-0.25, -0.2) is 4.79 Å². The van der Waals surface area contributed by atoms with Crippen LogP contribution in [-0.4, -0.2) is 45.4 Å². The third kappa shape index (κ3) is 3.86. The van der Waals surface area contributed by atoms with Crippen LogP contribution in [0.4, 0.5) is 0 Å². The molecule has 6 nitrogen and oxygen atoms in total. The van der Waals surface area contributed by atoms with Crippen LogP contribution in [0.2, 0.25) is 0 Å². The number of hydrogen-bond donors (Lipinski definition) is 1. The minimum absolute atomic E-state index is 0.0645. The van der Waals surface area contributed by atoms with Crippen molar-refractivity contribution in [2.75, 3.05) is 27.4 Å². The van der Waals surface area contributed by atoms with Crippen LogP contribution in [0.3, 0.4) is 0 Å². The van der Waals surface area contributed by atoms with Crippen LogP contribution in [-0.2, 0) is 9.47 Å². The molecule has 0 saturated carbocycles. The van der Waals surface area contributed by atoms with Crippen LogP contribution < -0.4 is 10.1 Å². The summed E-state index contributed by atoms with van der Waals surface area (Å²) in [5, 5.41) is 2.95. The maximum Gasteiger partial charge on any atom is 0.338 e. The second kappa shape index (κ2) is 8.01. The standard InChI is InChI=1S/C20H21NO5/c1-24-16-7-8-17(18(11-16)20(23)25-2)13-3-5-14(6-4-13)19(22)21-15-9-10-26-12-15/h3-8,11,15H,9-10,12H2,1-2H3,(H,21,22)/t15-/m0/s1. The molecule has 2 aromatic rings. The molecule has 1 saturated heterocycles. The fraction of sp³-hybridized carbons (Fsp3) is 0.300. The fourth-order valence-corrected chi connectivity index (χ4v) is 2.90. The number of ether oxygens (including phenoxy) is 3. The molecular formula is C20H21NO5. The molecule has 1 aliphatic rings. The first-order valence-electron chi connectivity index (χ1n) is 8.37. The summed E-state index contributed by atoms with van der Waals surface area (Å²) in [6.07, 6.45) is 0.832. The zero-order valence-corrected chi connectivity index (χ0v) is 14.8. The van der Waals surface area contributed by atoms with Gasteiger partial charge < -0.3 is 19.5 Å². The second-order valence-corrected chi connectivity index (χ2v) is 6.01. The predicted molar refractivity (Wildman–Crippen MR) is 96.5 cm³/mol. The molecule has 6 heteroatoms. The number of carbonyl (C=O) groups is 2. The molecule has 0 bridgehead atoms. The lowest BCUT2D eigenvalue weighted by Crippen LogP contribution is -2.34. The topological polar surface area (TPSA) is 73.9 Å². The van der Waals surface area contributed by atoms with E-state index in [0.717, 1.165) is 12.0 Å². The molecule has 1 amide bonds. The Bertz CT molecular complexity index is 794. The molecule has 0 unspecified atom stereocenters. The summed E-state index contributed by atoms with van der Waals surface area (Å²) in [5.41, 5.74) is 2.50. The SMILES string of the molecule is COC(=O)c1cc(OC)ccc1-c1ccc(C(=O)N[C@H]2CCOC2)cc1. The smallest absolute Gasteiger partial charge is 0.338 e. The fourth-order valence-electron chi connectivity index (χ4n) is 2.90. The molecule has 0 spiro atoms. The molecule has 136 valence electrons. The van der Waals surface area contributed by atoms with E-state index in [9.17, 15) is 9.59 Å². The zero-order valence-electron chi connectivity index (χ0n) is 14.8. The number of amides is 1. The summed E-state index contributed by atoms with van der Waals surface area (Å²) < 4.78 is 15.3. The molecule has 26 heavy (non-hydrogen) atoms. The van der Waals surface area contributed by atoms with Gasteiger partial charge in [0.15, 0.2) is 0 Å². The predicted octanol–water partition coefficient (Wildman–Crippen LogP) is 2.67. The van der Waals surface area contributed by atoms with Crippen molar-refractivity contribution in [3.05, 3.63) is 53.6 Å². The Morgan fingerprint density at radius 2 is 1.88 bits per heavy atom. The van der Waals surface area contributed by atoms with Crippen molar-refractivity contribution < 1.29 is 23.8 Å². The number of methoxy groups -OCH3 is 2. The van der Waals surface area contributed by atoms with Crippen LogP contribution in [0.1, 0.15) is 27.1 Å². The second-order valence-electron chi connectivity index (χ2n) is 6.01. The largest absolute Gasteiger partial charge is 0.497 e.